The van der Waals surface area contributed by atoms with Crippen molar-refractivity contribution < 1.29 is 74.5 Å². The molecule has 8 heterocycles. The second-order valence-corrected chi connectivity index (χ2v) is 16.7. The quantitative estimate of drug-likeness (QED) is 0.0988. The number of hydrogen-bond donors (Lipinski definition) is 3. The van der Waals surface area contributed by atoms with E-state index in [0.29, 0.717) is 45.2 Å². The summed E-state index contributed by atoms with van der Waals surface area (Å²) < 4.78 is 93.6. The molecule has 1 saturated heterocycles. The highest BCUT2D eigenvalue weighted by molar-refractivity contribution is 6.40. The first-order chi connectivity index (χ1) is 36.0. The molecule has 0 unspecified atom stereocenters. The van der Waals surface area contributed by atoms with E-state index in [1.54, 1.807) is 38.1 Å². The lowest BCUT2D eigenvalue weighted by molar-refractivity contribution is -0.287. The predicted octanol–water partition coefficient (Wildman–Crippen LogP) is 10.2. The number of halogens is 9. The highest BCUT2D eigenvalue weighted by Crippen LogP contribution is 2.47. The third kappa shape index (κ3) is 17.4. The molecule has 1 fully saturated rings. The SMILES string of the molecule is CN1CCOCC1.COc1nc(Cl)nc(OC)n1.Cc1oncc1C(=O)Nc1ccc(-c2cc3c(cc2Cl)OC(F)(F)O3)cn1.Cc1oncc1C(=O)O.ClCCl.Nc1ccc(-c2cc3c(cc2Cl)OC(F)(F)O3)cn1. The number of amides is 1. The molecular formula is C45H41Cl5F4N10O12. The number of ether oxygens (including phenoxy) is 7. The number of aromatic carboxylic acids is 1. The molecule has 2 aromatic carbocycles. The summed E-state index contributed by atoms with van der Waals surface area (Å²) in [6.07, 6.45) is -1.96. The number of pyridine rings is 2. The Morgan fingerprint density at radius 3 is 1.51 bits per heavy atom. The maximum absolute atomic E-state index is 13.2. The predicted molar refractivity (Wildman–Crippen MR) is 266 cm³/mol. The normalized spacial score (nSPS) is 14.0. The zero-order chi connectivity index (χ0) is 55.7. The van der Waals surface area contributed by atoms with Crippen molar-refractivity contribution in [2.45, 2.75) is 26.4 Å². The fraction of sp³-hybridized carbons (Fsp3) is 0.267. The number of nitrogens with zero attached hydrogens (tertiary/aromatic N) is 8. The van der Waals surface area contributed by atoms with E-state index >= 15 is 0 Å². The third-order valence-corrected chi connectivity index (χ3v) is 10.3. The molecule has 1 amide bonds. The molecular weight excluding hydrogens is 1130 g/mol. The number of rotatable bonds is 7. The average Bonchev–Trinajstić information content (AvgIpc) is 4.16. The van der Waals surface area contributed by atoms with Gasteiger partial charge in [-0.3, -0.25) is 4.79 Å². The zero-order valence-corrected chi connectivity index (χ0v) is 43.7. The molecule has 5 aromatic heterocycles. The maximum Gasteiger partial charge on any atom is 0.586 e. The molecule has 76 heavy (non-hydrogen) atoms. The van der Waals surface area contributed by atoms with Crippen LogP contribution in [0, 0.1) is 13.8 Å². The van der Waals surface area contributed by atoms with Crippen LogP contribution in [0.4, 0.5) is 29.2 Å². The molecule has 0 aliphatic carbocycles. The van der Waals surface area contributed by atoms with Crippen molar-refractivity contribution in [3.8, 4) is 57.3 Å². The Bertz CT molecular complexity index is 3030. The number of carbonyl (C=O) groups is 2. The molecule has 0 spiro atoms. The molecule has 406 valence electrons. The van der Waals surface area contributed by atoms with Crippen LogP contribution in [-0.4, -0.2) is 123 Å². The van der Waals surface area contributed by atoms with Gasteiger partial charge in [0.25, 0.3) is 5.91 Å². The van der Waals surface area contributed by atoms with Crippen molar-refractivity contribution in [1.29, 1.82) is 0 Å². The number of hydrogen-bond acceptors (Lipinski definition) is 20. The van der Waals surface area contributed by atoms with Gasteiger partial charge >= 0.3 is 30.6 Å². The molecule has 22 nitrogen and oxygen atoms in total. The molecule has 0 radical (unpaired) electrons. The third-order valence-electron chi connectivity index (χ3n) is 9.54. The molecule has 10 rings (SSSR count). The van der Waals surface area contributed by atoms with E-state index in [4.69, 9.17) is 87.6 Å². The molecule has 3 aliphatic heterocycles. The second kappa shape index (κ2) is 27.5. The highest BCUT2D eigenvalue weighted by atomic mass is 35.5. The fourth-order valence-corrected chi connectivity index (χ4v) is 6.60. The summed E-state index contributed by atoms with van der Waals surface area (Å²) in [5, 5.41) is 18.5. The lowest BCUT2D eigenvalue weighted by Gasteiger charge is -2.21. The fourth-order valence-electron chi connectivity index (χ4n) is 5.93. The number of benzene rings is 2. The minimum atomic E-state index is -3.73. The van der Waals surface area contributed by atoms with Crippen LogP contribution in [0.3, 0.4) is 0 Å². The number of carbonyl (C=O) groups excluding carboxylic acids is 1. The van der Waals surface area contributed by atoms with E-state index in [9.17, 15) is 27.2 Å². The van der Waals surface area contributed by atoms with Gasteiger partial charge in [-0.1, -0.05) is 33.5 Å². The van der Waals surface area contributed by atoms with Gasteiger partial charge in [0.2, 0.25) is 5.28 Å². The average molecular weight is 1170 g/mol. The van der Waals surface area contributed by atoms with Crippen molar-refractivity contribution in [2.24, 2.45) is 0 Å². The number of nitrogens with two attached hydrogens (primary N) is 1. The number of alkyl halides is 6. The van der Waals surface area contributed by atoms with Crippen molar-refractivity contribution >= 4 is 81.5 Å². The minimum absolute atomic E-state index is 0.0497. The Kier molecular flexibility index (Phi) is 21.6. The number of carboxylic acid groups (broad SMARTS) is 1. The standard InChI is InChI=1S/C17H10ClF2N3O4.C12H7ClF2N2O2.C5H6ClN3O2.C5H5NO3.C5H11NO.CH2Cl2/c1-8-11(7-22-27-8)16(24)23-15-3-2-9(6-21-15)10-4-13-14(5-12(10)18)26-17(19,20)25-13;13-8-4-10-9(18-12(14,15)19-10)3-7(8)6-1-2-11(16)17-5-6;1-10-4-7-3(6)8-5(9-4)11-2;1-3-4(5(7)8)2-6-9-3;1-6-2-4-7-5-3-6;2-1-3/h2-7H,1H3,(H,21,23,24);1-5H,(H2,16,17);1-2H3;2H,1H3,(H,7,8);2-5H2,1H3;1H2. The van der Waals surface area contributed by atoms with Gasteiger partial charge in [0.15, 0.2) is 23.0 Å². The van der Waals surface area contributed by atoms with Gasteiger partial charge in [0.05, 0.1) is 55.2 Å². The Balaban J connectivity index is 0.000000188. The van der Waals surface area contributed by atoms with Gasteiger partial charge in [0.1, 0.15) is 34.3 Å². The number of carboxylic acids is 1. The molecule has 4 N–H and O–H groups in total. The Labute approximate surface area is 453 Å². The van der Waals surface area contributed by atoms with Crippen molar-refractivity contribution in [1.82, 2.24) is 40.1 Å². The van der Waals surface area contributed by atoms with E-state index in [1.165, 1.54) is 63.3 Å². The van der Waals surface area contributed by atoms with Crippen molar-refractivity contribution in [3.63, 3.8) is 0 Å². The first-order valence-electron chi connectivity index (χ1n) is 21.2. The Morgan fingerprint density at radius 1 is 0.711 bits per heavy atom. The van der Waals surface area contributed by atoms with Crippen LogP contribution in [0.15, 0.2) is 82.4 Å². The summed E-state index contributed by atoms with van der Waals surface area (Å²) in [5.41, 5.74) is 8.01. The second-order valence-electron chi connectivity index (χ2n) is 14.7. The van der Waals surface area contributed by atoms with Gasteiger partial charge < -0.3 is 63.3 Å². The smallest absolute Gasteiger partial charge is 0.478 e. The molecule has 0 atom stereocenters. The summed E-state index contributed by atoms with van der Waals surface area (Å²) in [7, 11) is 4.98. The van der Waals surface area contributed by atoms with E-state index in [0.717, 1.165) is 26.3 Å². The molecule has 0 bridgehead atoms. The van der Waals surface area contributed by atoms with E-state index in [2.05, 4.69) is 76.0 Å². The van der Waals surface area contributed by atoms with Crippen LogP contribution >= 0.6 is 58.0 Å². The molecule has 31 heteroatoms. The lowest BCUT2D eigenvalue weighted by atomic mass is 10.1. The highest BCUT2D eigenvalue weighted by Gasteiger charge is 2.45. The van der Waals surface area contributed by atoms with Crippen LogP contribution < -0.4 is 39.5 Å². The van der Waals surface area contributed by atoms with Gasteiger partial charge in [0, 0.05) is 59.9 Å². The molecule has 0 saturated carbocycles. The van der Waals surface area contributed by atoms with Crippen molar-refractivity contribution in [2.75, 3.05) is 64.0 Å². The van der Waals surface area contributed by atoms with Gasteiger partial charge in [-0.05, 0) is 68.9 Å². The van der Waals surface area contributed by atoms with Crippen molar-refractivity contribution in [3.05, 3.63) is 111 Å². The van der Waals surface area contributed by atoms with Crippen LogP contribution in [0.2, 0.25) is 15.3 Å². The molecule has 7 aromatic rings. The van der Waals surface area contributed by atoms with Crippen LogP contribution in [0.1, 0.15) is 32.2 Å². The van der Waals surface area contributed by atoms with Gasteiger partial charge in [-0.15, -0.1) is 45.7 Å². The number of methoxy groups -OCH3 is 2. The monoisotopic (exact) mass is 1160 g/mol. The minimum Gasteiger partial charge on any atom is -0.478 e. The molecule has 3 aliphatic rings. The van der Waals surface area contributed by atoms with E-state index < -0.39 is 24.5 Å². The topological polar surface area (TPSA) is 277 Å². The van der Waals surface area contributed by atoms with Gasteiger partial charge in [-0.2, -0.15) is 9.97 Å². The number of fused-ring (bicyclic) bond motifs is 2. The van der Waals surface area contributed by atoms with Crippen LogP contribution in [0.25, 0.3) is 22.3 Å². The van der Waals surface area contributed by atoms with Crippen LogP contribution in [-0.2, 0) is 4.74 Å². The Hall–Kier alpha value is -7.20. The Morgan fingerprint density at radius 2 is 1.16 bits per heavy atom. The number of anilines is 2. The summed E-state index contributed by atoms with van der Waals surface area (Å²) in [6.45, 7) is 7.19. The summed E-state index contributed by atoms with van der Waals surface area (Å²) in [4.78, 5) is 43.6. The van der Waals surface area contributed by atoms with E-state index in [1.807, 2.05) is 0 Å². The lowest BCUT2D eigenvalue weighted by Crippen LogP contribution is -2.32. The maximum atomic E-state index is 13.2. The number of likely N-dealkylation sites (N-methyl/N-ethyl adjacent to an activating group) is 1. The summed E-state index contributed by atoms with van der Waals surface area (Å²) >= 11 is 27.2. The van der Waals surface area contributed by atoms with Crippen LogP contribution in [0.5, 0.6) is 35.0 Å². The summed E-state index contributed by atoms with van der Waals surface area (Å²) in [5.74, 6) is -0.501. The number of nitrogen functional groups attached to an aromatic ring is 1. The first-order valence-corrected chi connectivity index (χ1v) is 23.4. The zero-order valence-electron chi connectivity index (χ0n) is 40.0. The first kappa shape index (κ1) is 59.7. The van der Waals surface area contributed by atoms with Gasteiger partial charge in [-0.25, -0.2) is 14.8 Å². The number of aromatic nitrogens is 7. The summed E-state index contributed by atoms with van der Waals surface area (Å²) in [6, 6.07) is 12.0. The van der Waals surface area contributed by atoms with E-state index in [-0.39, 0.29) is 67.1 Å². The number of nitrogens with one attached hydrogen (secondary N) is 1. The number of morpholine rings is 1. The largest absolute Gasteiger partial charge is 0.586 e. The number of aryl methyl sites for hydroxylation is 2.